The van der Waals surface area contributed by atoms with Gasteiger partial charge >= 0.3 is 6.03 Å². The molecule has 2 aromatic carbocycles. The molecular formula is C16H16BrN3O3. The van der Waals surface area contributed by atoms with Crippen LogP contribution in [0.15, 0.2) is 53.0 Å². The average molecular weight is 378 g/mol. The Morgan fingerprint density at radius 3 is 2.61 bits per heavy atom. The molecule has 2 rings (SSSR count). The Morgan fingerprint density at radius 1 is 1.09 bits per heavy atom. The third kappa shape index (κ3) is 5.30. The number of rotatable bonds is 5. The molecule has 0 saturated heterocycles. The highest BCUT2D eigenvalue weighted by molar-refractivity contribution is 9.10. The number of ether oxygens (including phenoxy) is 1. The molecule has 0 bridgehead atoms. The van der Waals surface area contributed by atoms with Gasteiger partial charge in [0.2, 0.25) is 5.91 Å². The minimum absolute atomic E-state index is 0.142. The number of carbonyl (C=O) groups is 2. The normalized spacial score (nSPS) is 9.83. The van der Waals surface area contributed by atoms with E-state index >= 15 is 0 Å². The molecule has 6 nitrogen and oxygen atoms in total. The third-order valence-corrected chi connectivity index (χ3v) is 3.58. The smallest absolute Gasteiger partial charge is 0.319 e. The summed E-state index contributed by atoms with van der Waals surface area (Å²) in [5.74, 6) is 0.312. The van der Waals surface area contributed by atoms with Crippen molar-refractivity contribution in [1.29, 1.82) is 0 Å². The summed E-state index contributed by atoms with van der Waals surface area (Å²) in [7, 11) is 1.55. The number of hydrogen-bond donors (Lipinski definition) is 3. The van der Waals surface area contributed by atoms with Gasteiger partial charge in [-0.15, -0.1) is 0 Å². The number of halogens is 1. The number of hydrogen-bond acceptors (Lipinski definition) is 3. The van der Waals surface area contributed by atoms with Gasteiger partial charge in [0.25, 0.3) is 0 Å². The summed E-state index contributed by atoms with van der Waals surface area (Å²) in [6.07, 6.45) is 0. The minimum Gasteiger partial charge on any atom is -0.497 e. The van der Waals surface area contributed by atoms with Crippen LogP contribution in [0.1, 0.15) is 0 Å². The van der Waals surface area contributed by atoms with E-state index in [1.54, 1.807) is 37.4 Å². The first-order chi connectivity index (χ1) is 11.1. The van der Waals surface area contributed by atoms with E-state index in [0.717, 1.165) is 4.47 Å². The van der Waals surface area contributed by atoms with Crippen LogP contribution in [-0.2, 0) is 4.79 Å². The number of para-hydroxylation sites is 1. The van der Waals surface area contributed by atoms with E-state index in [4.69, 9.17) is 4.74 Å². The van der Waals surface area contributed by atoms with E-state index in [1.165, 1.54) is 0 Å². The predicted molar refractivity (Wildman–Crippen MR) is 92.8 cm³/mol. The van der Waals surface area contributed by atoms with Gasteiger partial charge in [0.15, 0.2) is 0 Å². The lowest BCUT2D eigenvalue weighted by Crippen LogP contribution is -2.35. The van der Waals surface area contributed by atoms with Crippen molar-refractivity contribution in [2.45, 2.75) is 0 Å². The van der Waals surface area contributed by atoms with E-state index in [1.807, 2.05) is 18.2 Å². The largest absolute Gasteiger partial charge is 0.497 e. The maximum atomic E-state index is 11.8. The maximum absolute atomic E-state index is 11.8. The number of benzene rings is 2. The molecule has 3 N–H and O–H groups in total. The van der Waals surface area contributed by atoms with Gasteiger partial charge in [-0.3, -0.25) is 4.79 Å². The first-order valence-corrected chi connectivity index (χ1v) is 7.61. The van der Waals surface area contributed by atoms with Crippen molar-refractivity contribution >= 4 is 39.2 Å². The zero-order valence-corrected chi connectivity index (χ0v) is 14.0. The van der Waals surface area contributed by atoms with Crippen molar-refractivity contribution in [2.24, 2.45) is 0 Å². The van der Waals surface area contributed by atoms with Crippen molar-refractivity contribution in [3.05, 3.63) is 53.0 Å². The lowest BCUT2D eigenvalue weighted by molar-refractivity contribution is -0.115. The van der Waals surface area contributed by atoms with E-state index < -0.39 is 6.03 Å². The van der Waals surface area contributed by atoms with Crippen LogP contribution in [0, 0.1) is 0 Å². The summed E-state index contributed by atoms with van der Waals surface area (Å²) in [5.41, 5.74) is 1.22. The van der Waals surface area contributed by atoms with Crippen LogP contribution in [0.25, 0.3) is 0 Å². The zero-order chi connectivity index (χ0) is 16.7. The standard InChI is InChI=1S/C16H16BrN3O3/c1-23-12-6-4-5-11(9-12)19-16(22)18-10-15(21)20-14-8-3-2-7-13(14)17/h2-9H,10H2,1H3,(H,20,21)(H2,18,19,22). The van der Waals surface area contributed by atoms with Gasteiger partial charge in [-0.2, -0.15) is 0 Å². The molecule has 0 unspecified atom stereocenters. The summed E-state index contributed by atoms with van der Waals surface area (Å²) >= 11 is 3.34. The molecule has 0 aliphatic rings. The molecule has 0 aromatic heterocycles. The fraction of sp³-hybridized carbons (Fsp3) is 0.125. The molecule has 0 heterocycles. The molecule has 23 heavy (non-hydrogen) atoms. The number of carbonyl (C=O) groups excluding carboxylic acids is 2. The molecule has 0 fully saturated rings. The quantitative estimate of drug-likeness (QED) is 0.748. The molecule has 120 valence electrons. The van der Waals surface area contributed by atoms with Crippen molar-refractivity contribution < 1.29 is 14.3 Å². The second-order valence-corrected chi connectivity index (χ2v) is 5.42. The molecule has 0 spiro atoms. The van der Waals surface area contributed by atoms with Crippen molar-refractivity contribution in [1.82, 2.24) is 5.32 Å². The highest BCUT2D eigenvalue weighted by Crippen LogP contribution is 2.20. The molecular weight excluding hydrogens is 362 g/mol. The SMILES string of the molecule is COc1cccc(NC(=O)NCC(=O)Nc2ccccc2Br)c1. The summed E-state index contributed by atoms with van der Waals surface area (Å²) in [5, 5.41) is 7.82. The van der Waals surface area contributed by atoms with Crippen molar-refractivity contribution in [3.63, 3.8) is 0 Å². The van der Waals surface area contributed by atoms with Crippen LogP contribution >= 0.6 is 15.9 Å². The highest BCUT2D eigenvalue weighted by Gasteiger charge is 2.08. The Hall–Kier alpha value is -2.54. The van der Waals surface area contributed by atoms with Gasteiger partial charge in [-0.1, -0.05) is 18.2 Å². The van der Waals surface area contributed by atoms with Crippen LogP contribution in [0.2, 0.25) is 0 Å². The van der Waals surface area contributed by atoms with E-state index in [0.29, 0.717) is 17.1 Å². The van der Waals surface area contributed by atoms with Gasteiger partial charge in [0.05, 0.1) is 19.3 Å². The van der Waals surface area contributed by atoms with Crippen LogP contribution in [0.4, 0.5) is 16.2 Å². The summed E-state index contributed by atoms with van der Waals surface area (Å²) in [6.45, 7) is -0.142. The van der Waals surface area contributed by atoms with Crippen LogP contribution in [0.5, 0.6) is 5.75 Å². The molecule has 2 aromatic rings. The number of nitrogens with one attached hydrogen (secondary N) is 3. The first-order valence-electron chi connectivity index (χ1n) is 6.82. The molecule has 0 atom stereocenters. The van der Waals surface area contributed by atoms with Gasteiger partial charge in [-0.05, 0) is 40.2 Å². The third-order valence-electron chi connectivity index (χ3n) is 2.89. The Kier molecular flexibility index (Phi) is 5.99. The molecule has 3 amide bonds. The Labute approximate surface area is 142 Å². The highest BCUT2D eigenvalue weighted by atomic mass is 79.9. The van der Waals surface area contributed by atoms with Gasteiger partial charge < -0.3 is 20.7 Å². The monoisotopic (exact) mass is 377 g/mol. The van der Waals surface area contributed by atoms with Crippen LogP contribution < -0.4 is 20.7 Å². The van der Waals surface area contributed by atoms with E-state index in [9.17, 15) is 9.59 Å². The summed E-state index contributed by atoms with van der Waals surface area (Å²) < 4.78 is 5.84. The summed E-state index contributed by atoms with van der Waals surface area (Å²) in [6, 6.07) is 13.7. The van der Waals surface area contributed by atoms with Gasteiger partial charge in [0.1, 0.15) is 5.75 Å². The molecule has 7 heteroatoms. The van der Waals surface area contributed by atoms with Gasteiger partial charge in [0, 0.05) is 16.2 Å². The fourth-order valence-electron chi connectivity index (χ4n) is 1.79. The summed E-state index contributed by atoms with van der Waals surface area (Å²) in [4.78, 5) is 23.6. The number of anilines is 2. The minimum atomic E-state index is -0.472. The van der Waals surface area contributed by atoms with E-state index in [-0.39, 0.29) is 12.5 Å². The average Bonchev–Trinajstić information content (AvgIpc) is 2.55. The fourth-order valence-corrected chi connectivity index (χ4v) is 2.18. The zero-order valence-electron chi connectivity index (χ0n) is 12.4. The topological polar surface area (TPSA) is 79.5 Å². The Balaban J connectivity index is 1.82. The van der Waals surface area contributed by atoms with Crippen LogP contribution in [-0.4, -0.2) is 25.6 Å². The van der Waals surface area contributed by atoms with Crippen LogP contribution in [0.3, 0.4) is 0 Å². The second-order valence-electron chi connectivity index (χ2n) is 4.57. The van der Waals surface area contributed by atoms with E-state index in [2.05, 4.69) is 31.9 Å². The second kappa shape index (κ2) is 8.19. The lowest BCUT2D eigenvalue weighted by Gasteiger charge is -2.10. The Bertz CT molecular complexity index is 706. The number of amides is 3. The van der Waals surface area contributed by atoms with Crippen molar-refractivity contribution in [3.8, 4) is 5.75 Å². The molecule has 0 saturated carbocycles. The number of urea groups is 1. The number of methoxy groups -OCH3 is 1. The lowest BCUT2D eigenvalue weighted by atomic mass is 10.3. The molecule has 0 aliphatic carbocycles. The Morgan fingerprint density at radius 2 is 1.87 bits per heavy atom. The van der Waals surface area contributed by atoms with Crippen molar-refractivity contribution in [2.75, 3.05) is 24.3 Å². The molecule has 0 radical (unpaired) electrons. The van der Waals surface area contributed by atoms with Gasteiger partial charge in [-0.25, -0.2) is 4.79 Å². The molecule has 0 aliphatic heterocycles. The first kappa shape index (κ1) is 16.8. The predicted octanol–water partition coefficient (Wildman–Crippen LogP) is 3.22. The maximum Gasteiger partial charge on any atom is 0.319 e.